The van der Waals surface area contributed by atoms with Gasteiger partial charge in [-0.2, -0.15) is 0 Å². The fourth-order valence-electron chi connectivity index (χ4n) is 1.69. The van der Waals surface area contributed by atoms with Crippen LogP contribution in [-0.4, -0.2) is 29.1 Å². The van der Waals surface area contributed by atoms with Crippen molar-refractivity contribution in [3.63, 3.8) is 0 Å². The maximum Gasteiger partial charge on any atom is 0.586 e. The molecule has 0 spiro atoms. The number of ether oxygens (including phenoxy) is 3. The molecule has 1 amide bonds. The summed E-state index contributed by atoms with van der Waals surface area (Å²) in [7, 11) is 0. The van der Waals surface area contributed by atoms with Crippen LogP contribution in [0.25, 0.3) is 0 Å². The standard InChI is InChI=1S/C13H13F2NO6/c1-12(2,3)22-11(19)16-7-5-9-8(4-6(7)10(17)18)20-13(14,15)21-9/h4-5H,1-3H3,(H,16,19)(H,17,18). The van der Waals surface area contributed by atoms with Crippen molar-refractivity contribution in [1.82, 2.24) is 0 Å². The number of carbonyl (C=O) groups excluding carboxylic acids is 1. The molecule has 2 rings (SSSR count). The van der Waals surface area contributed by atoms with Gasteiger partial charge in [0.2, 0.25) is 0 Å². The molecule has 2 N–H and O–H groups in total. The van der Waals surface area contributed by atoms with Gasteiger partial charge in [-0.15, -0.1) is 8.78 Å². The number of halogens is 2. The number of carbonyl (C=O) groups is 2. The molecule has 7 nitrogen and oxygen atoms in total. The molecule has 0 unspecified atom stereocenters. The highest BCUT2D eigenvalue weighted by Gasteiger charge is 2.44. The Bertz CT molecular complexity index is 638. The van der Waals surface area contributed by atoms with Gasteiger partial charge in [-0.1, -0.05) is 0 Å². The van der Waals surface area contributed by atoms with E-state index in [1.54, 1.807) is 20.8 Å². The molecule has 1 aliphatic rings. The molecule has 0 atom stereocenters. The van der Waals surface area contributed by atoms with Crippen molar-refractivity contribution in [3.05, 3.63) is 17.7 Å². The summed E-state index contributed by atoms with van der Waals surface area (Å²) in [6.45, 7) is 4.85. The second-order valence-corrected chi connectivity index (χ2v) is 5.44. The summed E-state index contributed by atoms with van der Waals surface area (Å²) in [4.78, 5) is 22.9. The number of aromatic carboxylic acids is 1. The lowest BCUT2D eigenvalue weighted by Gasteiger charge is -2.20. The van der Waals surface area contributed by atoms with Gasteiger partial charge in [-0.3, -0.25) is 5.32 Å². The first kappa shape index (κ1) is 15.8. The summed E-state index contributed by atoms with van der Waals surface area (Å²) < 4.78 is 39.3. The van der Waals surface area contributed by atoms with Crippen LogP contribution in [0, 0.1) is 0 Å². The van der Waals surface area contributed by atoms with E-state index in [1.165, 1.54) is 0 Å². The van der Waals surface area contributed by atoms with Gasteiger partial charge in [0.1, 0.15) is 5.60 Å². The van der Waals surface area contributed by atoms with E-state index in [2.05, 4.69) is 14.8 Å². The number of alkyl halides is 2. The molecule has 120 valence electrons. The number of nitrogens with one attached hydrogen (secondary N) is 1. The molecule has 22 heavy (non-hydrogen) atoms. The summed E-state index contributed by atoms with van der Waals surface area (Å²) in [5, 5.41) is 11.3. The monoisotopic (exact) mass is 317 g/mol. The Kier molecular flexibility index (Phi) is 3.59. The normalized spacial score (nSPS) is 15.3. The molecular weight excluding hydrogens is 304 g/mol. The summed E-state index contributed by atoms with van der Waals surface area (Å²) in [6, 6.07) is 1.77. The number of benzene rings is 1. The number of hydrogen-bond donors (Lipinski definition) is 2. The van der Waals surface area contributed by atoms with Crippen LogP contribution in [-0.2, 0) is 4.74 Å². The third-order valence-corrected chi connectivity index (χ3v) is 2.41. The predicted molar refractivity (Wildman–Crippen MR) is 69.5 cm³/mol. The quantitative estimate of drug-likeness (QED) is 0.870. The molecule has 1 aromatic rings. The lowest BCUT2D eigenvalue weighted by Crippen LogP contribution is -2.27. The molecule has 0 fully saturated rings. The van der Waals surface area contributed by atoms with Crippen molar-refractivity contribution < 1.29 is 37.7 Å². The van der Waals surface area contributed by atoms with Crippen molar-refractivity contribution in [2.75, 3.05) is 5.32 Å². The summed E-state index contributed by atoms with van der Waals surface area (Å²) in [6.07, 6.45) is -4.82. The van der Waals surface area contributed by atoms with E-state index in [9.17, 15) is 18.4 Å². The van der Waals surface area contributed by atoms with Gasteiger partial charge in [-0.25, -0.2) is 9.59 Å². The van der Waals surface area contributed by atoms with Crippen LogP contribution >= 0.6 is 0 Å². The predicted octanol–water partition coefficient (Wildman–Crippen LogP) is 3.05. The van der Waals surface area contributed by atoms with Crippen LogP contribution < -0.4 is 14.8 Å². The van der Waals surface area contributed by atoms with Crippen LogP contribution in [0.2, 0.25) is 0 Å². The lowest BCUT2D eigenvalue weighted by molar-refractivity contribution is -0.286. The van der Waals surface area contributed by atoms with E-state index < -0.39 is 35.3 Å². The third kappa shape index (κ3) is 3.54. The summed E-state index contributed by atoms with van der Waals surface area (Å²) >= 11 is 0. The second kappa shape index (κ2) is 5.00. The number of carboxylic acid groups (broad SMARTS) is 1. The van der Waals surface area contributed by atoms with Gasteiger partial charge >= 0.3 is 18.4 Å². The van der Waals surface area contributed by atoms with Crippen molar-refractivity contribution in [3.8, 4) is 11.5 Å². The Balaban J connectivity index is 2.32. The zero-order valence-electron chi connectivity index (χ0n) is 11.9. The molecule has 0 saturated heterocycles. The van der Waals surface area contributed by atoms with Gasteiger partial charge in [-0.05, 0) is 20.8 Å². The minimum absolute atomic E-state index is 0.248. The summed E-state index contributed by atoms with van der Waals surface area (Å²) in [5.74, 6) is -2.26. The first-order chi connectivity index (χ1) is 9.97. The minimum atomic E-state index is -3.89. The van der Waals surface area contributed by atoms with E-state index >= 15 is 0 Å². The zero-order valence-corrected chi connectivity index (χ0v) is 11.9. The molecule has 9 heteroatoms. The number of anilines is 1. The first-order valence-electron chi connectivity index (χ1n) is 6.14. The molecular formula is C13H13F2NO6. The average Bonchev–Trinajstić information content (AvgIpc) is 2.57. The fourth-order valence-corrected chi connectivity index (χ4v) is 1.69. The van der Waals surface area contributed by atoms with E-state index in [1.807, 2.05) is 0 Å². The fraction of sp³-hybridized carbons (Fsp3) is 0.385. The van der Waals surface area contributed by atoms with Crippen molar-refractivity contribution >= 4 is 17.7 Å². The Morgan fingerprint density at radius 1 is 1.23 bits per heavy atom. The Hall–Kier alpha value is -2.58. The number of hydrogen-bond acceptors (Lipinski definition) is 5. The molecule has 1 aromatic carbocycles. The van der Waals surface area contributed by atoms with Crippen LogP contribution in [0.1, 0.15) is 31.1 Å². The van der Waals surface area contributed by atoms with Crippen molar-refractivity contribution in [2.45, 2.75) is 32.7 Å². The maximum atomic E-state index is 13.0. The summed E-state index contributed by atoms with van der Waals surface area (Å²) in [5.41, 5.74) is -1.50. The number of fused-ring (bicyclic) bond motifs is 1. The highest BCUT2D eigenvalue weighted by Crippen LogP contribution is 2.43. The van der Waals surface area contributed by atoms with Crippen LogP contribution in [0.15, 0.2) is 12.1 Å². The topological polar surface area (TPSA) is 94.1 Å². The molecule has 0 saturated carbocycles. The van der Waals surface area contributed by atoms with Crippen LogP contribution in [0.3, 0.4) is 0 Å². The van der Waals surface area contributed by atoms with E-state index in [0.29, 0.717) is 0 Å². The lowest BCUT2D eigenvalue weighted by atomic mass is 10.1. The molecule has 1 aliphatic heterocycles. The van der Waals surface area contributed by atoms with Gasteiger partial charge in [0.25, 0.3) is 0 Å². The third-order valence-electron chi connectivity index (χ3n) is 2.41. The van der Waals surface area contributed by atoms with E-state index in [0.717, 1.165) is 12.1 Å². The van der Waals surface area contributed by atoms with Gasteiger partial charge in [0.15, 0.2) is 11.5 Å². The maximum absolute atomic E-state index is 13.0. The van der Waals surface area contributed by atoms with E-state index in [-0.39, 0.29) is 11.4 Å². The van der Waals surface area contributed by atoms with Crippen molar-refractivity contribution in [2.24, 2.45) is 0 Å². The Morgan fingerprint density at radius 2 is 1.77 bits per heavy atom. The van der Waals surface area contributed by atoms with Gasteiger partial charge < -0.3 is 19.3 Å². The molecule has 1 heterocycles. The van der Waals surface area contributed by atoms with Gasteiger partial charge in [0, 0.05) is 12.1 Å². The highest BCUT2D eigenvalue weighted by atomic mass is 19.3. The van der Waals surface area contributed by atoms with Gasteiger partial charge in [0.05, 0.1) is 11.3 Å². The smallest absolute Gasteiger partial charge is 0.478 e. The minimum Gasteiger partial charge on any atom is -0.478 e. The zero-order chi connectivity index (χ0) is 16.7. The molecule has 0 bridgehead atoms. The SMILES string of the molecule is CC(C)(C)OC(=O)Nc1cc2c(cc1C(=O)O)OC(F)(F)O2. The number of amides is 1. The molecule has 0 radical (unpaired) electrons. The number of rotatable bonds is 2. The Labute approximate surface area is 123 Å². The number of carboxylic acids is 1. The van der Waals surface area contributed by atoms with E-state index in [4.69, 9.17) is 9.84 Å². The first-order valence-corrected chi connectivity index (χ1v) is 6.14. The largest absolute Gasteiger partial charge is 0.586 e. The van der Waals surface area contributed by atoms with Crippen LogP contribution in [0.4, 0.5) is 19.3 Å². The highest BCUT2D eigenvalue weighted by molar-refractivity contribution is 6.00. The molecule has 0 aliphatic carbocycles. The van der Waals surface area contributed by atoms with Crippen LogP contribution in [0.5, 0.6) is 11.5 Å². The second-order valence-electron chi connectivity index (χ2n) is 5.44. The average molecular weight is 317 g/mol. The van der Waals surface area contributed by atoms with Crippen molar-refractivity contribution in [1.29, 1.82) is 0 Å². The molecule has 0 aromatic heterocycles. The Morgan fingerprint density at radius 3 is 2.27 bits per heavy atom.